The molecule has 0 saturated carbocycles. The summed E-state index contributed by atoms with van der Waals surface area (Å²) < 4.78 is 26.3. The third-order valence-corrected chi connectivity index (χ3v) is 5.97. The summed E-state index contributed by atoms with van der Waals surface area (Å²) in [5.74, 6) is 1.90. The molecular formula is C24H31FN6O2. The summed E-state index contributed by atoms with van der Waals surface area (Å²) in [6, 6.07) is 12.5. The second-order valence-electron chi connectivity index (χ2n) is 9.14. The molecule has 0 spiro atoms. The number of aromatic nitrogens is 4. The van der Waals surface area contributed by atoms with Crippen molar-refractivity contribution in [3.63, 3.8) is 0 Å². The number of nitrogens with zero attached hydrogens (tertiary/aromatic N) is 6. The van der Waals surface area contributed by atoms with Crippen LogP contribution in [0.25, 0.3) is 0 Å². The van der Waals surface area contributed by atoms with E-state index in [9.17, 15) is 4.39 Å². The fraction of sp³-hybridized carbons (Fsp3) is 0.458. The zero-order valence-corrected chi connectivity index (χ0v) is 19.8. The van der Waals surface area contributed by atoms with Crippen LogP contribution in [0.3, 0.4) is 0 Å². The number of ether oxygens (including phenoxy) is 2. The molecule has 4 rings (SSSR count). The van der Waals surface area contributed by atoms with Crippen LogP contribution in [-0.4, -0.2) is 65.5 Å². The molecule has 0 N–H and O–H groups in total. The third kappa shape index (κ3) is 4.78. The van der Waals surface area contributed by atoms with Gasteiger partial charge in [-0.3, -0.25) is 4.90 Å². The van der Waals surface area contributed by atoms with Gasteiger partial charge in [-0.2, -0.15) is 0 Å². The van der Waals surface area contributed by atoms with Gasteiger partial charge in [0.1, 0.15) is 5.82 Å². The molecule has 1 aliphatic heterocycles. The molecule has 0 radical (unpaired) electrons. The molecular weight excluding hydrogens is 423 g/mol. The third-order valence-electron chi connectivity index (χ3n) is 5.97. The Bertz CT molecular complexity index is 1070. The number of anilines is 1. The van der Waals surface area contributed by atoms with Gasteiger partial charge in [-0.15, -0.1) is 5.10 Å². The Balaban J connectivity index is 1.67. The zero-order chi connectivity index (χ0) is 23.6. The molecule has 1 atom stereocenters. The van der Waals surface area contributed by atoms with Gasteiger partial charge in [0, 0.05) is 31.9 Å². The lowest BCUT2D eigenvalue weighted by molar-refractivity contribution is 0.191. The average molecular weight is 455 g/mol. The summed E-state index contributed by atoms with van der Waals surface area (Å²) in [7, 11) is 3.27. The minimum atomic E-state index is -0.274. The quantitative estimate of drug-likeness (QED) is 0.565. The Morgan fingerprint density at radius 3 is 2.18 bits per heavy atom. The highest BCUT2D eigenvalue weighted by atomic mass is 19.1. The van der Waals surface area contributed by atoms with Gasteiger partial charge in [0.2, 0.25) is 0 Å². The minimum Gasteiger partial charge on any atom is -0.493 e. The van der Waals surface area contributed by atoms with Crippen molar-refractivity contribution in [1.82, 2.24) is 25.1 Å². The molecule has 8 nitrogen and oxygen atoms in total. The normalized spacial score (nSPS) is 16.0. The molecule has 9 heteroatoms. The van der Waals surface area contributed by atoms with Gasteiger partial charge in [0.25, 0.3) is 0 Å². The Morgan fingerprint density at radius 2 is 1.58 bits per heavy atom. The van der Waals surface area contributed by atoms with Gasteiger partial charge < -0.3 is 14.4 Å². The number of methoxy groups -OCH3 is 2. The van der Waals surface area contributed by atoms with E-state index < -0.39 is 0 Å². The summed E-state index contributed by atoms with van der Waals surface area (Å²) in [5, 5.41) is 12.8. The second kappa shape index (κ2) is 9.35. The molecule has 1 saturated heterocycles. The highest BCUT2D eigenvalue weighted by molar-refractivity contribution is 5.47. The molecule has 1 aliphatic rings. The van der Waals surface area contributed by atoms with Gasteiger partial charge in [-0.25, -0.2) is 9.07 Å². The van der Waals surface area contributed by atoms with Crippen LogP contribution in [0.15, 0.2) is 42.5 Å². The van der Waals surface area contributed by atoms with Crippen LogP contribution in [0.2, 0.25) is 0 Å². The lowest BCUT2D eigenvalue weighted by Gasteiger charge is -2.40. The van der Waals surface area contributed by atoms with Gasteiger partial charge >= 0.3 is 0 Å². The largest absolute Gasteiger partial charge is 0.493 e. The standard InChI is InChI=1S/C24H31FN6O2/c1-24(2,3)31-23(26-27-28-31)22(17-6-11-20(32-4)21(16-17)33-5)30-14-12-29(13-15-30)19-9-7-18(25)8-10-19/h6-11,16,22H,12-15H2,1-5H3/t22-/m0/s1. The van der Waals surface area contributed by atoms with E-state index in [1.165, 1.54) is 12.1 Å². The monoisotopic (exact) mass is 454 g/mol. The maximum atomic E-state index is 13.3. The number of hydrogen-bond acceptors (Lipinski definition) is 7. The Kier molecular flexibility index (Phi) is 6.51. The van der Waals surface area contributed by atoms with E-state index in [-0.39, 0.29) is 17.4 Å². The topological polar surface area (TPSA) is 68.5 Å². The van der Waals surface area contributed by atoms with E-state index in [1.54, 1.807) is 14.2 Å². The molecule has 176 valence electrons. The summed E-state index contributed by atoms with van der Waals surface area (Å²) in [6.45, 7) is 9.49. The van der Waals surface area contributed by atoms with Crippen LogP contribution in [0.4, 0.5) is 10.1 Å². The highest BCUT2D eigenvalue weighted by Gasteiger charge is 2.33. The van der Waals surface area contributed by atoms with E-state index in [2.05, 4.69) is 46.1 Å². The van der Waals surface area contributed by atoms with E-state index in [1.807, 2.05) is 35.0 Å². The van der Waals surface area contributed by atoms with Crippen molar-refractivity contribution >= 4 is 5.69 Å². The van der Waals surface area contributed by atoms with E-state index >= 15 is 0 Å². The molecule has 0 unspecified atom stereocenters. The Morgan fingerprint density at radius 1 is 0.909 bits per heavy atom. The van der Waals surface area contributed by atoms with Crippen molar-refractivity contribution in [2.24, 2.45) is 0 Å². The van der Waals surface area contributed by atoms with Crippen molar-refractivity contribution in [3.8, 4) is 11.5 Å². The van der Waals surface area contributed by atoms with E-state index in [0.29, 0.717) is 11.5 Å². The Hall–Kier alpha value is -3.20. The lowest BCUT2D eigenvalue weighted by Crippen LogP contribution is -2.48. The first kappa shape index (κ1) is 23.0. The van der Waals surface area contributed by atoms with E-state index in [0.717, 1.165) is 43.3 Å². The number of benzene rings is 2. The molecule has 33 heavy (non-hydrogen) atoms. The summed E-state index contributed by atoms with van der Waals surface area (Å²) in [6.07, 6.45) is 0. The maximum Gasteiger partial charge on any atom is 0.173 e. The number of tetrazole rings is 1. The number of halogens is 1. The smallest absolute Gasteiger partial charge is 0.173 e. The van der Waals surface area contributed by atoms with Crippen molar-refractivity contribution in [1.29, 1.82) is 0 Å². The summed E-state index contributed by atoms with van der Waals surface area (Å²) in [4.78, 5) is 4.66. The number of piperazine rings is 1. The average Bonchev–Trinajstić information content (AvgIpc) is 3.30. The predicted molar refractivity (Wildman–Crippen MR) is 124 cm³/mol. The molecule has 2 heterocycles. The maximum absolute atomic E-state index is 13.3. The second-order valence-corrected chi connectivity index (χ2v) is 9.14. The van der Waals surface area contributed by atoms with Gasteiger partial charge in [0.15, 0.2) is 17.3 Å². The van der Waals surface area contributed by atoms with Crippen LogP contribution < -0.4 is 14.4 Å². The van der Waals surface area contributed by atoms with Crippen LogP contribution >= 0.6 is 0 Å². The van der Waals surface area contributed by atoms with Crippen molar-refractivity contribution in [2.75, 3.05) is 45.3 Å². The van der Waals surface area contributed by atoms with Crippen LogP contribution in [0, 0.1) is 5.82 Å². The van der Waals surface area contributed by atoms with Crippen molar-refractivity contribution in [2.45, 2.75) is 32.4 Å². The summed E-state index contributed by atoms with van der Waals surface area (Å²) in [5.41, 5.74) is 1.78. The molecule has 3 aromatic rings. The van der Waals surface area contributed by atoms with E-state index in [4.69, 9.17) is 9.47 Å². The molecule has 1 aromatic heterocycles. The fourth-order valence-electron chi connectivity index (χ4n) is 4.28. The first-order valence-electron chi connectivity index (χ1n) is 11.1. The molecule has 2 aromatic carbocycles. The number of hydrogen-bond donors (Lipinski definition) is 0. The molecule has 1 fully saturated rings. The first-order chi connectivity index (χ1) is 15.8. The molecule has 0 amide bonds. The zero-order valence-electron chi connectivity index (χ0n) is 19.8. The highest BCUT2D eigenvalue weighted by Crippen LogP contribution is 2.36. The van der Waals surface area contributed by atoms with Crippen molar-refractivity contribution < 1.29 is 13.9 Å². The SMILES string of the molecule is COc1ccc([C@@H](c2nnnn2C(C)(C)C)N2CCN(c3ccc(F)cc3)CC2)cc1OC. The number of rotatable bonds is 6. The van der Waals surface area contributed by atoms with Crippen LogP contribution in [0.5, 0.6) is 11.5 Å². The van der Waals surface area contributed by atoms with Crippen LogP contribution in [-0.2, 0) is 5.54 Å². The summed E-state index contributed by atoms with van der Waals surface area (Å²) >= 11 is 0. The predicted octanol–water partition coefficient (Wildman–Crippen LogP) is 3.50. The first-order valence-corrected chi connectivity index (χ1v) is 11.1. The molecule has 0 aliphatic carbocycles. The minimum absolute atomic E-state index is 0.158. The lowest BCUT2D eigenvalue weighted by atomic mass is 10.0. The molecule has 0 bridgehead atoms. The van der Waals surface area contributed by atoms with Crippen LogP contribution in [0.1, 0.15) is 38.2 Å². The van der Waals surface area contributed by atoms with Crippen molar-refractivity contribution in [3.05, 3.63) is 59.7 Å². The fourth-order valence-corrected chi connectivity index (χ4v) is 4.28. The Labute approximate surface area is 193 Å². The van der Waals surface area contributed by atoms with Gasteiger partial charge in [0.05, 0.1) is 25.8 Å². The van der Waals surface area contributed by atoms with Gasteiger partial charge in [-0.1, -0.05) is 6.07 Å². The van der Waals surface area contributed by atoms with Gasteiger partial charge in [-0.05, 0) is 73.2 Å².